The van der Waals surface area contributed by atoms with Crippen molar-refractivity contribution in [1.82, 2.24) is 19.6 Å². The Morgan fingerprint density at radius 3 is 2.85 bits per heavy atom. The van der Waals surface area contributed by atoms with Crippen LogP contribution in [0.15, 0.2) is 17.3 Å². The summed E-state index contributed by atoms with van der Waals surface area (Å²) in [6.07, 6.45) is 1.71. The molecule has 8 nitrogen and oxygen atoms in total. The molecular weight excluding hydrogens is 264 g/mol. The fourth-order valence-corrected chi connectivity index (χ4v) is 2.17. The minimum Gasteiger partial charge on any atom is -0.393 e. The summed E-state index contributed by atoms with van der Waals surface area (Å²) >= 11 is 0. The third-order valence-corrected chi connectivity index (χ3v) is 3.85. The average Bonchev–Trinajstić information content (AvgIpc) is 2.90. The van der Waals surface area contributed by atoms with E-state index in [9.17, 15) is 20.1 Å². The van der Waals surface area contributed by atoms with Crippen LogP contribution in [0.1, 0.15) is 32.1 Å². The number of hydrogen-bond donors (Lipinski definition) is 4. The molecule has 0 bridgehead atoms. The molecule has 2 aromatic rings. The van der Waals surface area contributed by atoms with Gasteiger partial charge < -0.3 is 20.3 Å². The summed E-state index contributed by atoms with van der Waals surface area (Å²) in [5.74, 6) is -0.654. The van der Waals surface area contributed by atoms with E-state index in [0.29, 0.717) is 5.69 Å². The maximum Gasteiger partial charge on any atom is 0.294 e. The quantitative estimate of drug-likeness (QED) is 0.570. The molecule has 2 rings (SSSR count). The van der Waals surface area contributed by atoms with E-state index >= 15 is 0 Å². The van der Waals surface area contributed by atoms with Crippen LogP contribution in [-0.2, 0) is 0 Å². The Bertz CT molecular complexity index is 646. The lowest BCUT2D eigenvalue weighted by Crippen LogP contribution is -2.42. The maximum atomic E-state index is 11.5. The normalized spacial score (nSPS) is 17.9. The minimum atomic E-state index is -1.41. The summed E-state index contributed by atoms with van der Waals surface area (Å²) < 4.78 is 1.23. The molecular formula is C12H18N4O4. The van der Waals surface area contributed by atoms with E-state index in [4.69, 9.17) is 0 Å². The molecule has 0 aliphatic heterocycles. The first kappa shape index (κ1) is 14.6. The number of rotatable bonds is 5. The molecule has 0 aliphatic carbocycles. The van der Waals surface area contributed by atoms with Gasteiger partial charge in [0.2, 0.25) is 5.65 Å². The monoisotopic (exact) mass is 282 g/mol. The lowest BCUT2D eigenvalue weighted by atomic mass is 9.82. The molecule has 0 aliphatic rings. The number of nitrogens with zero attached hydrogens (tertiary/aromatic N) is 3. The molecule has 0 radical (unpaired) electrons. The zero-order valence-electron chi connectivity index (χ0n) is 11.3. The van der Waals surface area contributed by atoms with Crippen molar-refractivity contribution in [1.29, 1.82) is 0 Å². The minimum absolute atomic E-state index is 0.0674. The van der Waals surface area contributed by atoms with E-state index in [2.05, 4.69) is 15.1 Å². The van der Waals surface area contributed by atoms with Gasteiger partial charge in [-0.25, -0.2) is 9.50 Å². The molecule has 110 valence electrons. The Morgan fingerprint density at radius 1 is 1.55 bits per heavy atom. The molecule has 0 fully saturated rings. The molecule has 2 heterocycles. The van der Waals surface area contributed by atoms with Crippen LogP contribution in [-0.4, -0.2) is 47.1 Å². The van der Waals surface area contributed by atoms with Crippen LogP contribution in [0.25, 0.3) is 5.65 Å². The second-order valence-electron chi connectivity index (χ2n) is 4.89. The number of aromatic amines is 1. The number of aliphatic hydroxyl groups excluding tert-OH is 2. The molecule has 1 unspecified atom stereocenters. The van der Waals surface area contributed by atoms with Crippen LogP contribution < -0.4 is 5.56 Å². The number of fused-ring (bicyclic) bond motifs is 1. The number of hydrogen-bond acceptors (Lipinski definition) is 6. The SMILES string of the molecule is CCC(O)(CO)[C@H](C)[C@@H](O)c1cnc2c(=O)[nH]cnn12. The second kappa shape index (κ2) is 5.31. The lowest BCUT2D eigenvalue weighted by Gasteiger charge is -2.34. The molecule has 8 heteroatoms. The first-order valence-electron chi connectivity index (χ1n) is 6.37. The van der Waals surface area contributed by atoms with Gasteiger partial charge in [0.15, 0.2) is 0 Å². The Hall–Kier alpha value is -1.77. The van der Waals surface area contributed by atoms with E-state index in [1.54, 1.807) is 13.8 Å². The Labute approximate surface area is 114 Å². The number of imidazole rings is 1. The predicted molar refractivity (Wildman–Crippen MR) is 70.1 cm³/mol. The average molecular weight is 282 g/mol. The molecule has 3 atom stereocenters. The van der Waals surface area contributed by atoms with E-state index in [1.165, 1.54) is 17.0 Å². The van der Waals surface area contributed by atoms with Crippen LogP contribution in [0, 0.1) is 5.92 Å². The van der Waals surface area contributed by atoms with E-state index < -0.39 is 29.8 Å². The van der Waals surface area contributed by atoms with Gasteiger partial charge in [0.05, 0.1) is 24.1 Å². The molecule has 4 N–H and O–H groups in total. The van der Waals surface area contributed by atoms with Crippen molar-refractivity contribution in [2.75, 3.05) is 6.61 Å². The summed E-state index contributed by atoms with van der Waals surface area (Å²) in [6.45, 7) is 2.88. The Morgan fingerprint density at radius 2 is 2.25 bits per heavy atom. The molecule has 0 saturated carbocycles. The van der Waals surface area contributed by atoms with Crippen molar-refractivity contribution in [2.45, 2.75) is 32.0 Å². The Balaban J connectivity index is 2.44. The highest BCUT2D eigenvalue weighted by Gasteiger charge is 2.37. The third-order valence-electron chi connectivity index (χ3n) is 3.85. The van der Waals surface area contributed by atoms with Gasteiger partial charge in [0.1, 0.15) is 12.4 Å². The van der Waals surface area contributed by atoms with Crippen LogP contribution in [0.5, 0.6) is 0 Å². The summed E-state index contributed by atoms with van der Waals surface area (Å²) in [5, 5.41) is 33.9. The molecule has 0 spiro atoms. The van der Waals surface area contributed by atoms with Gasteiger partial charge >= 0.3 is 0 Å². The van der Waals surface area contributed by atoms with Crippen molar-refractivity contribution >= 4 is 5.65 Å². The van der Waals surface area contributed by atoms with E-state index in [1.807, 2.05) is 0 Å². The van der Waals surface area contributed by atoms with Crippen molar-refractivity contribution in [3.63, 3.8) is 0 Å². The highest BCUT2D eigenvalue weighted by atomic mass is 16.3. The fraction of sp³-hybridized carbons (Fsp3) is 0.583. The van der Waals surface area contributed by atoms with Crippen LogP contribution in [0.3, 0.4) is 0 Å². The van der Waals surface area contributed by atoms with E-state index in [-0.39, 0.29) is 12.1 Å². The molecule has 0 aromatic carbocycles. The zero-order valence-corrected chi connectivity index (χ0v) is 11.3. The van der Waals surface area contributed by atoms with E-state index in [0.717, 1.165) is 0 Å². The van der Waals surface area contributed by atoms with Crippen LogP contribution in [0.4, 0.5) is 0 Å². The summed E-state index contributed by atoms with van der Waals surface area (Å²) in [6, 6.07) is 0. The number of H-pyrrole nitrogens is 1. The van der Waals surface area contributed by atoms with Gasteiger partial charge in [-0.2, -0.15) is 5.10 Å². The fourth-order valence-electron chi connectivity index (χ4n) is 2.17. The van der Waals surface area contributed by atoms with Crippen LogP contribution in [0.2, 0.25) is 0 Å². The van der Waals surface area contributed by atoms with Crippen molar-refractivity contribution in [3.05, 3.63) is 28.6 Å². The standard InChI is InChI=1S/C12H18N4O4/c1-3-12(20,5-17)7(2)9(18)8-4-13-10-11(19)14-6-15-16(8)10/h4,6-7,9,17-18,20H,3,5H2,1-2H3,(H,14,15,19)/t7-,9-,12?/m1/s1. The number of aliphatic hydroxyl groups is 3. The zero-order chi connectivity index (χ0) is 14.9. The molecule has 0 amide bonds. The maximum absolute atomic E-state index is 11.5. The second-order valence-corrected chi connectivity index (χ2v) is 4.89. The highest BCUT2D eigenvalue weighted by Crippen LogP contribution is 2.32. The first-order valence-corrected chi connectivity index (χ1v) is 6.37. The lowest BCUT2D eigenvalue weighted by molar-refractivity contribution is -0.0991. The topological polar surface area (TPSA) is 124 Å². The van der Waals surface area contributed by atoms with Gasteiger partial charge in [-0.05, 0) is 6.42 Å². The molecule has 2 aromatic heterocycles. The number of aromatic nitrogens is 4. The summed E-state index contributed by atoms with van der Waals surface area (Å²) in [5.41, 5.74) is -1.47. The van der Waals surface area contributed by atoms with Gasteiger partial charge in [-0.15, -0.1) is 0 Å². The van der Waals surface area contributed by atoms with Gasteiger partial charge in [-0.1, -0.05) is 13.8 Å². The summed E-state index contributed by atoms with van der Waals surface area (Å²) in [7, 11) is 0. The highest BCUT2D eigenvalue weighted by molar-refractivity contribution is 5.35. The Kier molecular flexibility index (Phi) is 3.89. The predicted octanol–water partition coefficient (Wildman–Crippen LogP) is -0.780. The number of nitrogens with one attached hydrogen (secondary N) is 1. The van der Waals surface area contributed by atoms with Crippen LogP contribution >= 0.6 is 0 Å². The molecule has 0 saturated heterocycles. The van der Waals surface area contributed by atoms with Crippen molar-refractivity contribution in [2.24, 2.45) is 5.92 Å². The van der Waals surface area contributed by atoms with Gasteiger partial charge in [-0.3, -0.25) is 4.79 Å². The summed E-state index contributed by atoms with van der Waals surface area (Å²) in [4.78, 5) is 17.8. The third kappa shape index (κ3) is 2.21. The van der Waals surface area contributed by atoms with Gasteiger partial charge in [0.25, 0.3) is 5.56 Å². The van der Waals surface area contributed by atoms with Crippen molar-refractivity contribution in [3.8, 4) is 0 Å². The smallest absolute Gasteiger partial charge is 0.294 e. The van der Waals surface area contributed by atoms with Crippen molar-refractivity contribution < 1.29 is 15.3 Å². The largest absolute Gasteiger partial charge is 0.393 e. The molecule has 20 heavy (non-hydrogen) atoms. The first-order chi connectivity index (χ1) is 9.44. The van der Waals surface area contributed by atoms with Gasteiger partial charge in [0, 0.05) is 5.92 Å².